The number of anilines is 2. The molecule has 24 heavy (non-hydrogen) atoms. The van der Waals surface area contributed by atoms with Crippen LogP contribution in [0.25, 0.3) is 0 Å². The predicted octanol–water partition coefficient (Wildman–Crippen LogP) is 3.65. The first kappa shape index (κ1) is 18.2. The molecule has 0 saturated heterocycles. The number of nitrogens with zero attached hydrogens (tertiary/aromatic N) is 1. The SMILES string of the molecule is COc1ccc(Br)cc1C(=O)NC(=S)Nc1ccc(N(C)C)cc1. The topological polar surface area (TPSA) is 53.6 Å². The van der Waals surface area contributed by atoms with Gasteiger partial charge in [-0.15, -0.1) is 0 Å². The Morgan fingerprint density at radius 2 is 1.83 bits per heavy atom. The van der Waals surface area contributed by atoms with Gasteiger partial charge in [0.15, 0.2) is 5.11 Å². The van der Waals surface area contributed by atoms with E-state index in [1.165, 1.54) is 7.11 Å². The zero-order valence-electron chi connectivity index (χ0n) is 13.6. The van der Waals surface area contributed by atoms with Crippen LogP contribution in [0.5, 0.6) is 5.75 Å². The summed E-state index contributed by atoms with van der Waals surface area (Å²) in [6.45, 7) is 0. The third kappa shape index (κ3) is 4.69. The zero-order valence-corrected chi connectivity index (χ0v) is 16.0. The van der Waals surface area contributed by atoms with E-state index in [2.05, 4.69) is 26.6 Å². The van der Waals surface area contributed by atoms with Crippen molar-refractivity contribution in [3.05, 3.63) is 52.5 Å². The van der Waals surface area contributed by atoms with Gasteiger partial charge in [0.25, 0.3) is 5.91 Å². The van der Waals surface area contributed by atoms with Crippen LogP contribution in [0.2, 0.25) is 0 Å². The number of amides is 1. The maximum Gasteiger partial charge on any atom is 0.261 e. The molecule has 0 aromatic heterocycles. The summed E-state index contributed by atoms with van der Waals surface area (Å²) in [5.74, 6) is 0.143. The molecule has 2 aromatic carbocycles. The Labute approximate surface area is 155 Å². The molecule has 0 atom stereocenters. The Kier molecular flexibility index (Phi) is 6.16. The Morgan fingerprint density at radius 3 is 2.42 bits per heavy atom. The lowest BCUT2D eigenvalue weighted by molar-refractivity contribution is 0.0974. The van der Waals surface area contributed by atoms with Gasteiger partial charge in [-0.3, -0.25) is 10.1 Å². The van der Waals surface area contributed by atoms with E-state index in [1.54, 1.807) is 18.2 Å². The van der Waals surface area contributed by atoms with Crippen LogP contribution in [0.4, 0.5) is 11.4 Å². The van der Waals surface area contributed by atoms with Crippen molar-refractivity contribution in [2.75, 3.05) is 31.4 Å². The van der Waals surface area contributed by atoms with E-state index in [4.69, 9.17) is 17.0 Å². The lowest BCUT2D eigenvalue weighted by atomic mass is 10.2. The molecule has 0 aliphatic rings. The standard InChI is InChI=1S/C17H18BrN3O2S/c1-21(2)13-7-5-12(6-8-13)19-17(24)20-16(22)14-10-11(18)4-9-15(14)23-3/h4-10H,1-3H3,(H2,19,20,22,24). The molecule has 2 aromatic rings. The maximum absolute atomic E-state index is 12.4. The van der Waals surface area contributed by atoms with E-state index in [0.717, 1.165) is 15.8 Å². The van der Waals surface area contributed by atoms with Crippen molar-refractivity contribution >= 4 is 50.5 Å². The Morgan fingerprint density at radius 1 is 1.17 bits per heavy atom. The molecule has 0 radical (unpaired) electrons. The number of carbonyl (C=O) groups is 1. The van der Waals surface area contributed by atoms with Gasteiger partial charge in [0.1, 0.15) is 5.75 Å². The molecule has 0 fully saturated rings. The van der Waals surface area contributed by atoms with Gasteiger partial charge in [-0.2, -0.15) is 0 Å². The number of ether oxygens (including phenoxy) is 1. The first-order valence-electron chi connectivity index (χ1n) is 7.14. The van der Waals surface area contributed by atoms with Crippen molar-refractivity contribution in [3.63, 3.8) is 0 Å². The summed E-state index contributed by atoms with van der Waals surface area (Å²) in [7, 11) is 5.46. The molecule has 2 N–H and O–H groups in total. The first-order valence-corrected chi connectivity index (χ1v) is 8.34. The summed E-state index contributed by atoms with van der Waals surface area (Å²) in [5.41, 5.74) is 2.28. The summed E-state index contributed by atoms with van der Waals surface area (Å²) in [6.07, 6.45) is 0. The molecular weight excluding hydrogens is 390 g/mol. The highest BCUT2D eigenvalue weighted by Crippen LogP contribution is 2.23. The Hall–Kier alpha value is -2.12. The fourth-order valence-corrected chi connectivity index (χ4v) is 2.60. The normalized spacial score (nSPS) is 10.0. The highest BCUT2D eigenvalue weighted by atomic mass is 79.9. The second-order valence-corrected chi connectivity index (χ2v) is 6.52. The lowest BCUT2D eigenvalue weighted by Crippen LogP contribution is -2.34. The number of nitrogens with one attached hydrogen (secondary N) is 2. The van der Waals surface area contributed by atoms with Gasteiger partial charge in [-0.05, 0) is 54.7 Å². The quantitative estimate of drug-likeness (QED) is 0.757. The number of thiocarbonyl (C=S) groups is 1. The third-order valence-corrected chi connectivity index (χ3v) is 3.97. The highest BCUT2D eigenvalue weighted by molar-refractivity contribution is 9.10. The van der Waals surface area contributed by atoms with Gasteiger partial charge >= 0.3 is 0 Å². The second-order valence-electron chi connectivity index (χ2n) is 5.19. The molecule has 0 bridgehead atoms. The molecular formula is C17H18BrN3O2S. The van der Waals surface area contributed by atoms with E-state index in [9.17, 15) is 4.79 Å². The van der Waals surface area contributed by atoms with Crippen LogP contribution in [0.15, 0.2) is 46.9 Å². The van der Waals surface area contributed by atoms with E-state index >= 15 is 0 Å². The number of halogens is 1. The van der Waals surface area contributed by atoms with Crippen LogP contribution < -0.4 is 20.3 Å². The minimum absolute atomic E-state index is 0.222. The van der Waals surface area contributed by atoms with Crippen molar-refractivity contribution in [2.24, 2.45) is 0 Å². The molecule has 0 unspecified atom stereocenters. The molecule has 2 rings (SSSR count). The molecule has 7 heteroatoms. The van der Waals surface area contributed by atoms with E-state index < -0.39 is 0 Å². The fourth-order valence-electron chi connectivity index (χ4n) is 2.03. The maximum atomic E-state index is 12.4. The van der Waals surface area contributed by atoms with Crippen LogP contribution >= 0.6 is 28.1 Å². The zero-order chi connectivity index (χ0) is 17.7. The number of benzene rings is 2. The minimum atomic E-state index is -0.337. The minimum Gasteiger partial charge on any atom is -0.496 e. The molecule has 0 heterocycles. The van der Waals surface area contributed by atoms with Crippen LogP contribution in [0.3, 0.4) is 0 Å². The van der Waals surface area contributed by atoms with Gasteiger partial charge < -0.3 is 15.0 Å². The third-order valence-electron chi connectivity index (χ3n) is 3.27. The smallest absolute Gasteiger partial charge is 0.261 e. The van der Waals surface area contributed by atoms with Crippen molar-refractivity contribution in [1.82, 2.24) is 5.32 Å². The molecule has 0 aliphatic heterocycles. The summed E-state index contributed by atoms with van der Waals surface area (Å²) in [5, 5.41) is 5.87. The summed E-state index contributed by atoms with van der Waals surface area (Å²) in [6, 6.07) is 12.9. The summed E-state index contributed by atoms with van der Waals surface area (Å²) >= 11 is 8.55. The molecule has 126 valence electrons. The van der Waals surface area contributed by atoms with Crippen molar-refractivity contribution in [2.45, 2.75) is 0 Å². The van der Waals surface area contributed by atoms with E-state index in [0.29, 0.717) is 11.3 Å². The number of methoxy groups -OCH3 is 1. The van der Waals surface area contributed by atoms with Crippen LogP contribution in [0, 0.1) is 0 Å². The molecule has 0 aliphatic carbocycles. The highest BCUT2D eigenvalue weighted by Gasteiger charge is 2.14. The predicted molar refractivity (Wildman–Crippen MR) is 105 cm³/mol. The first-order chi connectivity index (χ1) is 11.4. The molecule has 0 saturated carbocycles. The Balaban J connectivity index is 2.04. The average molecular weight is 408 g/mol. The number of carbonyl (C=O) groups excluding carboxylic acids is 1. The van der Waals surface area contributed by atoms with Crippen molar-refractivity contribution in [1.29, 1.82) is 0 Å². The van der Waals surface area contributed by atoms with Gasteiger partial charge in [0.05, 0.1) is 12.7 Å². The molecule has 0 spiro atoms. The fraction of sp³-hybridized carbons (Fsp3) is 0.176. The van der Waals surface area contributed by atoms with Crippen LogP contribution in [0.1, 0.15) is 10.4 Å². The number of hydrogen-bond donors (Lipinski definition) is 2. The molecule has 5 nitrogen and oxygen atoms in total. The van der Waals surface area contributed by atoms with Crippen LogP contribution in [-0.2, 0) is 0 Å². The summed E-state index contributed by atoms with van der Waals surface area (Å²) < 4.78 is 5.99. The Bertz CT molecular complexity index is 748. The van der Waals surface area contributed by atoms with Gasteiger partial charge in [0.2, 0.25) is 0 Å². The van der Waals surface area contributed by atoms with Gasteiger partial charge in [-0.1, -0.05) is 15.9 Å². The van der Waals surface area contributed by atoms with E-state index in [1.807, 2.05) is 43.3 Å². The largest absolute Gasteiger partial charge is 0.496 e. The van der Waals surface area contributed by atoms with Crippen molar-refractivity contribution < 1.29 is 9.53 Å². The van der Waals surface area contributed by atoms with E-state index in [-0.39, 0.29) is 11.0 Å². The number of hydrogen-bond acceptors (Lipinski definition) is 4. The summed E-state index contributed by atoms with van der Waals surface area (Å²) in [4.78, 5) is 14.4. The van der Waals surface area contributed by atoms with Crippen molar-refractivity contribution in [3.8, 4) is 5.75 Å². The van der Waals surface area contributed by atoms with Gasteiger partial charge in [0, 0.05) is 29.9 Å². The second kappa shape index (κ2) is 8.12. The van der Waals surface area contributed by atoms with Crippen LogP contribution in [-0.4, -0.2) is 32.2 Å². The average Bonchev–Trinajstić information content (AvgIpc) is 2.55. The monoisotopic (exact) mass is 407 g/mol. The lowest BCUT2D eigenvalue weighted by Gasteiger charge is -2.14. The van der Waals surface area contributed by atoms with Gasteiger partial charge in [-0.25, -0.2) is 0 Å². The number of rotatable bonds is 4. The molecule has 1 amide bonds.